The molecule has 0 bridgehead atoms. The third-order valence-corrected chi connectivity index (χ3v) is 7.61. The van der Waals surface area contributed by atoms with E-state index in [4.69, 9.17) is 0 Å². The van der Waals surface area contributed by atoms with Crippen LogP contribution in [0.25, 0.3) is 0 Å². The first kappa shape index (κ1) is 17.9. The van der Waals surface area contributed by atoms with E-state index in [0.29, 0.717) is 24.9 Å². The van der Waals surface area contributed by atoms with E-state index < -0.39 is 9.84 Å². The number of benzene rings is 1. The summed E-state index contributed by atoms with van der Waals surface area (Å²) in [5.41, 5.74) is 1.88. The summed E-state index contributed by atoms with van der Waals surface area (Å²) in [4.78, 5) is 19.3. The molecule has 0 unspecified atom stereocenters. The smallest absolute Gasteiger partial charge is 0.253 e. The number of carbonyl (C=O) groups excluding carboxylic acids is 1. The van der Waals surface area contributed by atoms with Crippen molar-refractivity contribution in [3.8, 4) is 0 Å². The zero-order chi connectivity index (χ0) is 18.3. The second-order valence-electron chi connectivity index (χ2n) is 8.08. The van der Waals surface area contributed by atoms with E-state index in [2.05, 4.69) is 16.8 Å². The Morgan fingerprint density at radius 2 is 1.58 bits per heavy atom. The Morgan fingerprint density at radius 1 is 1.00 bits per heavy atom. The first-order valence-corrected chi connectivity index (χ1v) is 11.2. The van der Waals surface area contributed by atoms with Crippen molar-refractivity contribution in [2.24, 2.45) is 11.8 Å². The fourth-order valence-corrected chi connectivity index (χ4v) is 5.77. The van der Waals surface area contributed by atoms with Gasteiger partial charge in [-0.15, -0.1) is 0 Å². The molecule has 3 saturated heterocycles. The maximum Gasteiger partial charge on any atom is 0.253 e. The van der Waals surface area contributed by atoms with Crippen LogP contribution in [0.15, 0.2) is 24.3 Å². The van der Waals surface area contributed by atoms with E-state index in [0.717, 1.165) is 43.9 Å². The fraction of sp³-hybridized carbons (Fsp3) is 0.632. The minimum atomic E-state index is -2.84. The first-order chi connectivity index (χ1) is 12.4. The standard InChI is InChI=1S/C19H27N3O3S/c1-20-11-17-13-22(14-18(17)12-20)19(23)16-4-2-15(3-5-16)10-21-6-8-26(24,25)9-7-21/h2-5,17-18H,6-14H2,1H3/t17-,18+. The van der Waals surface area contributed by atoms with Gasteiger partial charge >= 0.3 is 0 Å². The van der Waals surface area contributed by atoms with Crippen molar-refractivity contribution in [3.05, 3.63) is 35.4 Å². The summed E-state index contributed by atoms with van der Waals surface area (Å²) in [7, 11) is -0.687. The maximum absolute atomic E-state index is 12.8. The number of nitrogens with zero attached hydrogens (tertiary/aromatic N) is 3. The summed E-state index contributed by atoms with van der Waals surface area (Å²) >= 11 is 0. The Bertz CT molecular complexity index is 750. The first-order valence-electron chi connectivity index (χ1n) is 9.39. The molecule has 0 saturated carbocycles. The summed E-state index contributed by atoms with van der Waals surface area (Å²) in [5.74, 6) is 1.88. The highest BCUT2D eigenvalue weighted by atomic mass is 32.2. The number of amides is 1. The van der Waals surface area contributed by atoms with E-state index in [1.807, 2.05) is 29.2 Å². The largest absolute Gasteiger partial charge is 0.338 e. The number of carbonyl (C=O) groups is 1. The number of fused-ring (bicyclic) bond motifs is 1. The number of hydrogen-bond donors (Lipinski definition) is 0. The van der Waals surface area contributed by atoms with Gasteiger partial charge in [-0.05, 0) is 36.6 Å². The predicted octanol–water partition coefficient (Wildman–Crippen LogP) is 0.551. The van der Waals surface area contributed by atoms with E-state index >= 15 is 0 Å². The monoisotopic (exact) mass is 377 g/mol. The fourth-order valence-electron chi connectivity index (χ4n) is 4.50. The number of rotatable bonds is 3. The Labute approximate surface area is 155 Å². The highest BCUT2D eigenvalue weighted by molar-refractivity contribution is 7.91. The Morgan fingerprint density at radius 3 is 2.15 bits per heavy atom. The summed E-state index contributed by atoms with van der Waals surface area (Å²) in [6, 6.07) is 7.83. The van der Waals surface area contributed by atoms with Gasteiger partial charge in [-0.25, -0.2) is 8.42 Å². The molecule has 3 heterocycles. The molecule has 0 radical (unpaired) electrons. The molecule has 1 aromatic carbocycles. The van der Waals surface area contributed by atoms with Crippen LogP contribution < -0.4 is 0 Å². The zero-order valence-corrected chi connectivity index (χ0v) is 16.1. The molecular formula is C19H27N3O3S. The van der Waals surface area contributed by atoms with Crippen LogP contribution in [0.5, 0.6) is 0 Å². The SMILES string of the molecule is CN1C[C@@H]2CN(C(=O)c3ccc(CN4CCS(=O)(=O)CC4)cc3)C[C@@H]2C1. The van der Waals surface area contributed by atoms with Gasteiger partial charge in [0.25, 0.3) is 5.91 Å². The normalized spacial score (nSPS) is 29.0. The van der Waals surface area contributed by atoms with Crippen LogP contribution in [0, 0.1) is 11.8 Å². The van der Waals surface area contributed by atoms with Crippen molar-refractivity contribution in [1.82, 2.24) is 14.7 Å². The van der Waals surface area contributed by atoms with Crippen molar-refractivity contribution >= 4 is 15.7 Å². The molecule has 3 fully saturated rings. The van der Waals surface area contributed by atoms with Crippen LogP contribution in [0.2, 0.25) is 0 Å². The minimum absolute atomic E-state index is 0.137. The van der Waals surface area contributed by atoms with Crippen LogP contribution in [0.3, 0.4) is 0 Å². The van der Waals surface area contributed by atoms with Gasteiger partial charge in [0.15, 0.2) is 9.84 Å². The number of likely N-dealkylation sites (tertiary alicyclic amines) is 2. The lowest BCUT2D eigenvalue weighted by atomic mass is 10.0. The molecular weight excluding hydrogens is 350 g/mol. The summed E-state index contributed by atoms with van der Waals surface area (Å²) < 4.78 is 23.0. The van der Waals surface area contributed by atoms with E-state index in [1.165, 1.54) is 0 Å². The van der Waals surface area contributed by atoms with Gasteiger partial charge in [-0.2, -0.15) is 0 Å². The van der Waals surface area contributed by atoms with Crippen LogP contribution in [0.1, 0.15) is 15.9 Å². The van der Waals surface area contributed by atoms with Crippen LogP contribution >= 0.6 is 0 Å². The molecule has 26 heavy (non-hydrogen) atoms. The molecule has 6 nitrogen and oxygen atoms in total. The highest BCUT2D eigenvalue weighted by Gasteiger charge is 2.40. The highest BCUT2D eigenvalue weighted by Crippen LogP contribution is 2.31. The Balaban J connectivity index is 1.34. The van der Waals surface area contributed by atoms with Gasteiger partial charge in [-0.1, -0.05) is 12.1 Å². The van der Waals surface area contributed by atoms with Crippen molar-refractivity contribution in [2.75, 3.05) is 57.8 Å². The van der Waals surface area contributed by atoms with Gasteiger partial charge in [0, 0.05) is 51.4 Å². The third-order valence-electron chi connectivity index (χ3n) is 6.00. The lowest BCUT2D eigenvalue weighted by Gasteiger charge is -2.26. The minimum Gasteiger partial charge on any atom is -0.338 e. The molecule has 0 aliphatic carbocycles. The van der Waals surface area contributed by atoms with Crippen LogP contribution in [-0.4, -0.2) is 86.8 Å². The molecule has 4 rings (SSSR count). The predicted molar refractivity (Wildman–Crippen MR) is 101 cm³/mol. The van der Waals surface area contributed by atoms with Crippen LogP contribution in [-0.2, 0) is 16.4 Å². The van der Waals surface area contributed by atoms with E-state index in [-0.39, 0.29) is 17.4 Å². The summed E-state index contributed by atoms with van der Waals surface area (Å²) in [5, 5.41) is 0. The molecule has 0 N–H and O–H groups in total. The average molecular weight is 378 g/mol. The average Bonchev–Trinajstić information content (AvgIpc) is 3.14. The van der Waals surface area contributed by atoms with Gasteiger partial charge < -0.3 is 9.80 Å². The molecule has 3 aliphatic rings. The molecule has 2 atom stereocenters. The van der Waals surface area contributed by atoms with Crippen LogP contribution in [0.4, 0.5) is 0 Å². The van der Waals surface area contributed by atoms with Crippen molar-refractivity contribution in [3.63, 3.8) is 0 Å². The lowest BCUT2D eigenvalue weighted by molar-refractivity contribution is 0.0776. The maximum atomic E-state index is 12.8. The van der Waals surface area contributed by atoms with Gasteiger partial charge in [0.2, 0.25) is 0 Å². The third kappa shape index (κ3) is 3.80. The molecule has 0 aromatic heterocycles. The Kier molecular flexibility index (Phi) is 4.79. The topological polar surface area (TPSA) is 60.9 Å². The number of sulfone groups is 1. The second kappa shape index (κ2) is 6.94. The molecule has 7 heteroatoms. The van der Waals surface area contributed by atoms with Gasteiger partial charge in [-0.3, -0.25) is 9.69 Å². The molecule has 0 spiro atoms. The molecule has 1 amide bonds. The Hall–Kier alpha value is -1.44. The molecule has 142 valence electrons. The molecule has 1 aromatic rings. The summed E-state index contributed by atoms with van der Waals surface area (Å²) in [6.45, 7) is 5.86. The quantitative estimate of drug-likeness (QED) is 0.770. The second-order valence-corrected chi connectivity index (χ2v) is 10.4. The van der Waals surface area contributed by atoms with Crippen molar-refractivity contribution < 1.29 is 13.2 Å². The van der Waals surface area contributed by atoms with E-state index in [1.54, 1.807) is 0 Å². The van der Waals surface area contributed by atoms with Gasteiger partial charge in [0.05, 0.1) is 11.5 Å². The van der Waals surface area contributed by atoms with E-state index in [9.17, 15) is 13.2 Å². The summed E-state index contributed by atoms with van der Waals surface area (Å²) in [6.07, 6.45) is 0. The number of hydrogen-bond acceptors (Lipinski definition) is 5. The van der Waals surface area contributed by atoms with Gasteiger partial charge in [0.1, 0.15) is 0 Å². The van der Waals surface area contributed by atoms with Crippen molar-refractivity contribution in [1.29, 1.82) is 0 Å². The van der Waals surface area contributed by atoms with Crippen molar-refractivity contribution in [2.45, 2.75) is 6.54 Å². The zero-order valence-electron chi connectivity index (χ0n) is 15.3. The molecule has 3 aliphatic heterocycles. The lowest BCUT2D eigenvalue weighted by Crippen LogP contribution is -2.39.